The third kappa shape index (κ3) is 5.51. The number of hydrogen-bond acceptors (Lipinski definition) is 5. The van der Waals surface area contributed by atoms with E-state index in [1.165, 1.54) is 0 Å². The Kier molecular flexibility index (Phi) is 7.24. The molecule has 2 fully saturated rings. The lowest BCUT2D eigenvalue weighted by Gasteiger charge is -2.38. The Morgan fingerprint density at radius 2 is 1.41 bits per heavy atom. The van der Waals surface area contributed by atoms with Gasteiger partial charge < -0.3 is 15.1 Å². The highest BCUT2D eigenvalue weighted by Crippen LogP contribution is 2.22. The largest absolute Gasteiger partial charge is 0.353 e. The highest BCUT2D eigenvalue weighted by molar-refractivity contribution is 5.83. The van der Waals surface area contributed by atoms with E-state index < -0.39 is 0 Å². The molecule has 1 N–H and O–H groups in total. The molecule has 0 aliphatic carbocycles. The first kappa shape index (κ1) is 20.3. The molecule has 2 saturated heterocycles. The molecular weight excluding hydrogens is 338 g/mol. The molecule has 6 nitrogen and oxygen atoms in total. The van der Waals surface area contributed by atoms with Gasteiger partial charge in [0.25, 0.3) is 0 Å². The van der Waals surface area contributed by atoms with Crippen molar-refractivity contribution in [3.63, 3.8) is 0 Å². The number of carbonyl (C=O) groups excluding carboxylic acids is 1. The Morgan fingerprint density at radius 1 is 0.889 bits per heavy atom. The van der Waals surface area contributed by atoms with Gasteiger partial charge >= 0.3 is 0 Å². The Morgan fingerprint density at radius 3 is 1.96 bits per heavy atom. The van der Waals surface area contributed by atoms with Crippen molar-refractivity contribution in [1.82, 2.24) is 24.9 Å². The maximum atomic E-state index is 13.2. The molecule has 6 heteroatoms. The standard InChI is InChI=1S/C21H35N5O/c1-18(25-13-9-23(2)10-14-25)17-22-21(27)20(19-7-5-4-6-8-19)26-15-11-24(3)12-16-26/h4-8,18,20H,9-17H2,1-3H3,(H,22,27). The van der Waals surface area contributed by atoms with Gasteiger partial charge in [0.1, 0.15) is 6.04 Å². The van der Waals surface area contributed by atoms with Crippen LogP contribution in [0.1, 0.15) is 18.5 Å². The predicted molar refractivity (Wildman–Crippen MR) is 110 cm³/mol. The average molecular weight is 374 g/mol. The normalized spacial score (nSPS) is 23.1. The van der Waals surface area contributed by atoms with Gasteiger partial charge in [0.05, 0.1) is 0 Å². The molecule has 2 aliphatic rings. The lowest BCUT2D eigenvalue weighted by atomic mass is 10.0. The van der Waals surface area contributed by atoms with E-state index in [1.54, 1.807) is 0 Å². The lowest BCUT2D eigenvalue weighted by molar-refractivity contribution is -0.127. The van der Waals surface area contributed by atoms with Gasteiger partial charge in [-0.3, -0.25) is 14.6 Å². The molecule has 0 aromatic heterocycles. The first-order valence-corrected chi connectivity index (χ1v) is 10.2. The van der Waals surface area contributed by atoms with Gasteiger partial charge in [-0.15, -0.1) is 0 Å². The van der Waals surface area contributed by atoms with Crippen LogP contribution in [-0.2, 0) is 4.79 Å². The zero-order valence-corrected chi connectivity index (χ0v) is 17.1. The molecule has 0 radical (unpaired) electrons. The Labute approximate surface area is 164 Å². The third-order valence-corrected chi connectivity index (χ3v) is 6.00. The summed E-state index contributed by atoms with van der Waals surface area (Å²) in [6.07, 6.45) is 0. The molecule has 2 unspecified atom stereocenters. The zero-order chi connectivity index (χ0) is 19.2. The van der Waals surface area contributed by atoms with Crippen LogP contribution in [0.4, 0.5) is 0 Å². The van der Waals surface area contributed by atoms with E-state index in [1.807, 2.05) is 18.2 Å². The van der Waals surface area contributed by atoms with Crippen molar-refractivity contribution in [3.8, 4) is 0 Å². The van der Waals surface area contributed by atoms with Crippen molar-refractivity contribution < 1.29 is 4.79 Å². The molecule has 1 amide bonds. The molecule has 2 aliphatic heterocycles. The van der Waals surface area contributed by atoms with Crippen molar-refractivity contribution in [2.75, 3.05) is 73.0 Å². The van der Waals surface area contributed by atoms with E-state index in [9.17, 15) is 4.79 Å². The van der Waals surface area contributed by atoms with Crippen LogP contribution in [0.25, 0.3) is 0 Å². The van der Waals surface area contributed by atoms with Gasteiger partial charge in [0.15, 0.2) is 0 Å². The summed E-state index contributed by atoms with van der Waals surface area (Å²) in [4.78, 5) is 22.7. The number of benzene rings is 1. The third-order valence-electron chi connectivity index (χ3n) is 6.00. The summed E-state index contributed by atoms with van der Waals surface area (Å²) in [5.74, 6) is 0.131. The monoisotopic (exact) mass is 373 g/mol. The summed E-state index contributed by atoms with van der Waals surface area (Å²) in [6.45, 7) is 11.2. The van der Waals surface area contributed by atoms with Crippen LogP contribution in [0.15, 0.2) is 30.3 Å². The summed E-state index contributed by atoms with van der Waals surface area (Å²) in [5, 5.41) is 3.25. The molecule has 1 aromatic rings. The van der Waals surface area contributed by atoms with E-state index in [2.05, 4.69) is 58.1 Å². The van der Waals surface area contributed by atoms with Crippen LogP contribution in [-0.4, -0.2) is 105 Å². The first-order valence-electron chi connectivity index (χ1n) is 10.2. The van der Waals surface area contributed by atoms with Crippen molar-refractivity contribution in [3.05, 3.63) is 35.9 Å². The zero-order valence-electron chi connectivity index (χ0n) is 17.1. The minimum Gasteiger partial charge on any atom is -0.353 e. The highest BCUT2D eigenvalue weighted by Gasteiger charge is 2.30. The van der Waals surface area contributed by atoms with Crippen molar-refractivity contribution in [2.45, 2.75) is 19.0 Å². The molecule has 150 valence electrons. The van der Waals surface area contributed by atoms with Gasteiger partial charge in [0, 0.05) is 64.9 Å². The van der Waals surface area contributed by atoms with E-state index in [0.717, 1.165) is 57.9 Å². The molecule has 1 aromatic carbocycles. The number of piperazine rings is 2. The number of nitrogens with one attached hydrogen (secondary N) is 1. The van der Waals surface area contributed by atoms with Gasteiger partial charge in [-0.2, -0.15) is 0 Å². The molecule has 0 spiro atoms. The molecular formula is C21H35N5O. The molecule has 0 saturated carbocycles. The molecule has 2 heterocycles. The summed E-state index contributed by atoms with van der Waals surface area (Å²) in [6, 6.07) is 10.4. The van der Waals surface area contributed by atoms with Gasteiger partial charge in [0.2, 0.25) is 5.91 Å². The van der Waals surface area contributed by atoms with E-state index >= 15 is 0 Å². The van der Waals surface area contributed by atoms with E-state index in [4.69, 9.17) is 0 Å². The fraction of sp³-hybridized carbons (Fsp3) is 0.667. The Balaban J connectivity index is 1.61. The number of nitrogens with zero attached hydrogens (tertiary/aromatic N) is 4. The Hall–Kier alpha value is -1.47. The maximum Gasteiger partial charge on any atom is 0.242 e. The Bertz CT molecular complexity index is 579. The molecule has 27 heavy (non-hydrogen) atoms. The summed E-state index contributed by atoms with van der Waals surface area (Å²) < 4.78 is 0. The van der Waals surface area contributed by atoms with Crippen LogP contribution >= 0.6 is 0 Å². The summed E-state index contributed by atoms with van der Waals surface area (Å²) >= 11 is 0. The number of rotatable bonds is 6. The highest BCUT2D eigenvalue weighted by atomic mass is 16.2. The van der Waals surface area contributed by atoms with Crippen LogP contribution in [0.2, 0.25) is 0 Å². The van der Waals surface area contributed by atoms with Crippen LogP contribution in [0.5, 0.6) is 0 Å². The van der Waals surface area contributed by atoms with Crippen LogP contribution in [0.3, 0.4) is 0 Å². The number of hydrogen-bond donors (Lipinski definition) is 1. The lowest BCUT2D eigenvalue weighted by Crippen LogP contribution is -2.53. The molecule has 0 bridgehead atoms. The number of likely N-dealkylation sites (N-methyl/N-ethyl adjacent to an activating group) is 2. The van der Waals surface area contributed by atoms with Gasteiger partial charge in [-0.1, -0.05) is 30.3 Å². The smallest absolute Gasteiger partial charge is 0.242 e. The first-order chi connectivity index (χ1) is 13.0. The van der Waals surface area contributed by atoms with E-state index in [-0.39, 0.29) is 11.9 Å². The van der Waals surface area contributed by atoms with Gasteiger partial charge in [-0.25, -0.2) is 0 Å². The topological polar surface area (TPSA) is 42.1 Å². The van der Waals surface area contributed by atoms with Gasteiger partial charge in [-0.05, 0) is 26.6 Å². The summed E-state index contributed by atoms with van der Waals surface area (Å²) in [5.41, 5.74) is 1.09. The molecule has 3 rings (SSSR count). The minimum absolute atomic E-state index is 0.131. The fourth-order valence-electron chi connectivity index (χ4n) is 3.98. The fourth-order valence-corrected chi connectivity index (χ4v) is 3.98. The van der Waals surface area contributed by atoms with Crippen LogP contribution < -0.4 is 5.32 Å². The summed E-state index contributed by atoms with van der Waals surface area (Å²) in [7, 11) is 4.32. The average Bonchev–Trinajstić information content (AvgIpc) is 2.69. The maximum absolute atomic E-state index is 13.2. The minimum atomic E-state index is -0.195. The molecule has 2 atom stereocenters. The second kappa shape index (κ2) is 9.64. The van der Waals surface area contributed by atoms with Crippen LogP contribution in [0, 0.1) is 0 Å². The van der Waals surface area contributed by atoms with E-state index in [0.29, 0.717) is 12.6 Å². The van der Waals surface area contributed by atoms with Crippen molar-refractivity contribution in [2.24, 2.45) is 0 Å². The van der Waals surface area contributed by atoms with Crippen molar-refractivity contribution in [1.29, 1.82) is 0 Å². The number of amides is 1. The SMILES string of the molecule is CC(CNC(=O)C(c1ccccc1)N1CCN(C)CC1)N1CCN(C)CC1. The second-order valence-corrected chi connectivity index (χ2v) is 8.09. The van der Waals surface area contributed by atoms with Crippen molar-refractivity contribution >= 4 is 5.91 Å². The number of carbonyl (C=O) groups is 1. The quantitative estimate of drug-likeness (QED) is 0.796. The predicted octanol–water partition coefficient (Wildman–Crippen LogP) is 0.727. The second-order valence-electron chi connectivity index (χ2n) is 8.09.